The van der Waals surface area contributed by atoms with Crippen molar-refractivity contribution in [1.29, 1.82) is 0 Å². The number of amides is 1. The van der Waals surface area contributed by atoms with E-state index in [4.69, 9.17) is 23.2 Å². The maximum atomic E-state index is 13.8. The summed E-state index contributed by atoms with van der Waals surface area (Å²) in [6.45, 7) is 3.66. The van der Waals surface area contributed by atoms with E-state index in [9.17, 15) is 9.18 Å². The summed E-state index contributed by atoms with van der Waals surface area (Å²) in [5.41, 5.74) is 1.16. The number of anilines is 1. The molecule has 0 aliphatic carbocycles. The van der Waals surface area contributed by atoms with E-state index in [1.54, 1.807) is 32.0 Å². The van der Waals surface area contributed by atoms with E-state index in [0.29, 0.717) is 16.3 Å². The zero-order valence-corrected chi connectivity index (χ0v) is 15.6. The number of rotatable bonds is 5. The molecule has 1 amide bonds. The molecule has 26 heavy (non-hydrogen) atoms. The topological polar surface area (TPSA) is 64.7 Å². The Hall–Kier alpha value is -2.38. The Kier molecular flexibility index (Phi) is 5.29. The van der Waals surface area contributed by atoms with Crippen LogP contribution in [0, 0.1) is 12.7 Å². The summed E-state index contributed by atoms with van der Waals surface area (Å²) in [7, 11) is 0. The first-order chi connectivity index (χ1) is 12.4. The van der Waals surface area contributed by atoms with Gasteiger partial charge in [-0.25, -0.2) is 4.39 Å². The highest BCUT2D eigenvalue weighted by Crippen LogP contribution is 2.23. The average molecular weight is 396 g/mol. The van der Waals surface area contributed by atoms with Crippen molar-refractivity contribution in [2.24, 2.45) is 0 Å². The predicted octanol–water partition coefficient (Wildman–Crippen LogP) is 4.08. The second-order valence-electron chi connectivity index (χ2n) is 5.80. The van der Waals surface area contributed by atoms with Gasteiger partial charge >= 0.3 is 0 Å². The highest BCUT2D eigenvalue weighted by Gasteiger charge is 2.21. The monoisotopic (exact) mass is 395 g/mol. The average Bonchev–Trinajstić information content (AvgIpc) is 3.12. The number of hydrogen-bond acceptors (Lipinski definition) is 3. The van der Waals surface area contributed by atoms with Gasteiger partial charge in [-0.1, -0.05) is 41.4 Å². The molecular weight excluding hydrogens is 380 g/mol. The Morgan fingerprint density at radius 1 is 1.31 bits per heavy atom. The van der Waals surface area contributed by atoms with Gasteiger partial charge in [0.05, 0.1) is 23.5 Å². The zero-order chi connectivity index (χ0) is 18.8. The first-order valence-corrected chi connectivity index (χ1v) is 8.59. The normalized spacial score (nSPS) is 12.2. The van der Waals surface area contributed by atoms with Crippen LogP contribution in [0.4, 0.5) is 10.2 Å². The van der Waals surface area contributed by atoms with Crippen molar-refractivity contribution in [2.75, 3.05) is 5.32 Å². The van der Waals surface area contributed by atoms with Crippen LogP contribution in [0.1, 0.15) is 24.2 Å². The van der Waals surface area contributed by atoms with Crippen molar-refractivity contribution in [3.05, 3.63) is 63.8 Å². The third kappa shape index (κ3) is 3.73. The summed E-state index contributed by atoms with van der Waals surface area (Å²) in [4.78, 5) is 12.5. The number of nitrogens with zero attached hydrogens (tertiary/aromatic N) is 4. The molecule has 0 saturated carbocycles. The van der Waals surface area contributed by atoms with Gasteiger partial charge in [-0.3, -0.25) is 14.2 Å². The molecule has 6 nitrogen and oxygen atoms in total. The minimum atomic E-state index is -0.602. The van der Waals surface area contributed by atoms with Crippen LogP contribution < -0.4 is 5.32 Å². The SMILES string of the molecule is Cc1c(Cl)cnn1C(C)C(=O)Nc1nn(Cc2ccccc2F)cc1Cl. The lowest BCUT2D eigenvalue weighted by molar-refractivity contribution is -0.119. The molecule has 0 aliphatic rings. The van der Waals surface area contributed by atoms with Gasteiger partial charge in [-0.2, -0.15) is 10.2 Å². The minimum Gasteiger partial charge on any atom is -0.306 e. The van der Waals surface area contributed by atoms with Gasteiger partial charge in [0.2, 0.25) is 5.91 Å². The highest BCUT2D eigenvalue weighted by atomic mass is 35.5. The fourth-order valence-corrected chi connectivity index (χ4v) is 2.82. The van der Waals surface area contributed by atoms with Gasteiger partial charge in [0, 0.05) is 11.8 Å². The van der Waals surface area contributed by atoms with Crippen molar-refractivity contribution in [3.8, 4) is 0 Å². The van der Waals surface area contributed by atoms with E-state index >= 15 is 0 Å². The zero-order valence-electron chi connectivity index (χ0n) is 14.1. The molecule has 136 valence electrons. The first-order valence-electron chi connectivity index (χ1n) is 7.83. The van der Waals surface area contributed by atoms with E-state index in [1.165, 1.54) is 27.8 Å². The third-order valence-electron chi connectivity index (χ3n) is 3.98. The maximum absolute atomic E-state index is 13.8. The van der Waals surface area contributed by atoms with Crippen LogP contribution in [0.5, 0.6) is 0 Å². The fourth-order valence-electron chi connectivity index (χ4n) is 2.49. The maximum Gasteiger partial charge on any atom is 0.250 e. The molecule has 9 heteroatoms. The van der Waals surface area contributed by atoms with E-state index in [2.05, 4.69) is 15.5 Å². The molecule has 3 aromatic rings. The van der Waals surface area contributed by atoms with Crippen LogP contribution in [0.3, 0.4) is 0 Å². The van der Waals surface area contributed by atoms with Crippen molar-refractivity contribution in [2.45, 2.75) is 26.4 Å². The molecule has 0 aliphatic heterocycles. The van der Waals surface area contributed by atoms with Crippen molar-refractivity contribution >= 4 is 34.9 Å². The smallest absolute Gasteiger partial charge is 0.250 e. The molecule has 1 N–H and O–H groups in total. The molecule has 1 atom stereocenters. The Morgan fingerprint density at radius 3 is 2.69 bits per heavy atom. The number of nitrogens with one attached hydrogen (secondary N) is 1. The number of hydrogen-bond donors (Lipinski definition) is 1. The van der Waals surface area contributed by atoms with Crippen molar-refractivity contribution in [1.82, 2.24) is 19.6 Å². The van der Waals surface area contributed by atoms with Crippen LogP contribution in [0.25, 0.3) is 0 Å². The second-order valence-corrected chi connectivity index (χ2v) is 6.62. The standard InChI is InChI=1S/C17H16Cl2FN5O/c1-10-13(18)7-21-25(10)11(2)17(26)22-16-14(19)9-24(23-16)8-12-5-3-4-6-15(12)20/h3-7,9,11H,8H2,1-2H3,(H,22,23,26). The quantitative estimate of drug-likeness (QED) is 0.707. The summed E-state index contributed by atoms with van der Waals surface area (Å²) in [6.07, 6.45) is 3.01. The lowest BCUT2D eigenvalue weighted by atomic mass is 10.2. The van der Waals surface area contributed by atoms with E-state index < -0.39 is 6.04 Å². The molecule has 0 saturated heterocycles. The summed E-state index contributed by atoms with van der Waals surface area (Å²) in [5, 5.41) is 11.7. The Labute approximate surface area is 159 Å². The van der Waals surface area contributed by atoms with E-state index in [0.717, 1.165) is 0 Å². The molecule has 0 fully saturated rings. The molecule has 0 spiro atoms. The fraction of sp³-hybridized carbons (Fsp3) is 0.235. The largest absolute Gasteiger partial charge is 0.306 e. The number of carbonyl (C=O) groups excluding carboxylic acids is 1. The summed E-state index contributed by atoms with van der Waals surface area (Å²) < 4.78 is 16.7. The van der Waals surface area contributed by atoms with Gasteiger partial charge in [-0.05, 0) is 19.9 Å². The molecule has 0 radical (unpaired) electrons. The van der Waals surface area contributed by atoms with Crippen molar-refractivity contribution in [3.63, 3.8) is 0 Å². The van der Waals surface area contributed by atoms with Gasteiger partial charge < -0.3 is 5.32 Å². The minimum absolute atomic E-state index is 0.200. The lowest BCUT2D eigenvalue weighted by Crippen LogP contribution is -2.25. The predicted molar refractivity (Wildman–Crippen MR) is 98.1 cm³/mol. The number of aromatic nitrogens is 4. The van der Waals surface area contributed by atoms with Crippen LogP contribution in [0.2, 0.25) is 10.0 Å². The Balaban J connectivity index is 1.74. The van der Waals surface area contributed by atoms with Crippen LogP contribution in [0.15, 0.2) is 36.7 Å². The summed E-state index contributed by atoms with van der Waals surface area (Å²) in [6, 6.07) is 5.80. The van der Waals surface area contributed by atoms with Crippen LogP contribution in [-0.2, 0) is 11.3 Å². The second kappa shape index (κ2) is 7.47. The number of carbonyl (C=O) groups is 1. The van der Waals surface area contributed by atoms with Gasteiger partial charge in [0.25, 0.3) is 0 Å². The molecule has 1 aromatic carbocycles. The molecule has 2 heterocycles. The highest BCUT2D eigenvalue weighted by molar-refractivity contribution is 6.33. The molecule has 1 unspecified atom stereocenters. The number of halogens is 3. The first kappa shape index (κ1) is 18.4. The summed E-state index contributed by atoms with van der Waals surface area (Å²) in [5.74, 6) is -0.467. The van der Waals surface area contributed by atoms with Gasteiger partial charge in [-0.15, -0.1) is 0 Å². The summed E-state index contributed by atoms with van der Waals surface area (Å²) >= 11 is 12.1. The third-order valence-corrected chi connectivity index (χ3v) is 4.63. The van der Waals surface area contributed by atoms with Gasteiger partial charge in [0.1, 0.15) is 16.9 Å². The molecular formula is C17H16Cl2FN5O. The Morgan fingerprint density at radius 2 is 2.04 bits per heavy atom. The van der Waals surface area contributed by atoms with Crippen LogP contribution >= 0.6 is 23.2 Å². The number of benzene rings is 1. The van der Waals surface area contributed by atoms with E-state index in [-0.39, 0.29) is 29.1 Å². The van der Waals surface area contributed by atoms with Crippen LogP contribution in [-0.4, -0.2) is 25.5 Å². The molecule has 2 aromatic heterocycles. The van der Waals surface area contributed by atoms with E-state index in [1.807, 2.05) is 0 Å². The van der Waals surface area contributed by atoms with Gasteiger partial charge in [0.15, 0.2) is 5.82 Å². The van der Waals surface area contributed by atoms with Crippen molar-refractivity contribution < 1.29 is 9.18 Å². The molecule has 3 rings (SSSR count). The molecule has 0 bridgehead atoms. The lowest BCUT2D eigenvalue weighted by Gasteiger charge is -2.13. The Bertz CT molecular complexity index is 953.